The van der Waals surface area contributed by atoms with Crippen molar-refractivity contribution in [3.05, 3.63) is 60.8 Å². The highest BCUT2D eigenvalue weighted by molar-refractivity contribution is 7.99. The van der Waals surface area contributed by atoms with Gasteiger partial charge in [-0.1, -0.05) is 30.0 Å². The van der Waals surface area contributed by atoms with Crippen molar-refractivity contribution < 1.29 is 13.5 Å². The molecule has 0 fully saturated rings. The van der Waals surface area contributed by atoms with E-state index in [0.29, 0.717) is 18.9 Å². The van der Waals surface area contributed by atoms with E-state index >= 15 is 0 Å². The van der Waals surface area contributed by atoms with Crippen LogP contribution in [-0.2, 0) is 6.54 Å². The van der Waals surface area contributed by atoms with E-state index in [1.165, 1.54) is 17.8 Å². The minimum absolute atomic E-state index is 0.255. The number of para-hydroxylation sites is 1. The standard InChI is InChI=1S/C18H18FN3O2S/c1-3-9-22-17(14-8-10-23-13(14)2)20-21-18(22)25-12-11-24-16-7-5-4-6-15(16)19/h3-8,10H,1,9,11-12H2,2H3. The molecule has 0 atom stereocenters. The molecule has 25 heavy (non-hydrogen) atoms. The van der Waals surface area contributed by atoms with Crippen molar-refractivity contribution in [3.63, 3.8) is 0 Å². The Balaban J connectivity index is 1.66. The average Bonchev–Trinajstić information content (AvgIpc) is 3.20. The zero-order valence-corrected chi connectivity index (χ0v) is 14.6. The number of thioether (sulfide) groups is 1. The number of benzene rings is 1. The Bertz CT molecular complexity index is 860. The van der Waals surface area contributed by atoms with Gasteiger partial charge in [-0.2, -0.15) is 0 Å². The van der Waals surface area contributed by atoms with Gasteiger partial charge in [-0.15, -0.1) is 16.8 Å². The molecule has 1 aromatic carbocycles. The minimum atomic E-state index is -0.361. The van der Waals surface area contributed by atoms with Gasteiger partial charge in [0.05, 0.1) is 18.4 Å². The van der Waals surface area contributed by atoms with Crippen molar-refractivity contribution in [3.8, 4) is 17.1 Å². The second kappa shape index (κ2) is 8.02. The van der Waals surface area contributed by atoms with Crippen molar-refractivity contribution in [2.75, 3.05) is 12.4 Å². The molecular formula is C18H18FN3O2S. The highest BCUT2D eigenvalue weighted by Crippen LogP contribution is 2.27. The molecule has 0 radical (unpaired) electrons. The predicted molar refractivity (Wildman–Crippen MR) is 95.3 cm³/mol. The van der Waals surface area contributed by atoms with Gasteiger partial charge in [-0.3, -0.25) is 4.57 Å². The van der Waals surface area contributed by atoms with Crippen molar-refractivity contribution in [2.24, 2.45) is 0 Å². The third-order valence-electron chi connectivity index (χ3n) is 3.54. The van der Waals surface area contributed by atoms with Gasteiger partial charge in [0, 0.05) is 12.3 Å². The molecule has 0 aliphatic heterocycles. The van der Waals surface area contributed by atoms with Crippen LogP contribution >= 0.6 is 11.8 Å². The zero-order valence-electron chi connectivity index (χ0n) is 13.8. The molecule has 0 aliphatic carbocycles. The molecule has 0 spiro atoms. The summed E-state index contributed by atoms with van der Waals surface area (Å²) in [5.41, 5.74) is 0.906. The SMILES string of the molecule is C=CCn1c(SCCOc2ccccc2F)nnc1-c1ccoc1C. The number of furan rings is 1. The maximum absolute atomic E-state index is 13.5. The van der Waals surface area contributed by atoms with Gasteiger partial charge in [-0.05, 0) is 25.1 Å². The van der Waals surface area contributed by atoms with Crippen LogP contribution in [0.3, 0.4) is 0 Å². The maximum atomic E-state index is 13.5. The molecule has 0 aliphatic rings. The number of nitrogens with zero attached hydrogens (tertiary/aromatic N) is 3. The first-order valence-electron chi connectivity index (χ1n) is 7.79. The quantitative estimate of drug-likeness (QED) is 0.340. The summed E-state index contributed by atoms with van der Waals surface area (Å²) in [6.45, 7) is 6.63. The number of ether oxygens (including phenoxy) is 1. The summed E-state index contributed by atoms with van der Waals surface area (Å²) in [5, 5.41) is 9.28. The number of aryl methyl sites for hydroxylation is 1. The Kier molecular flexibility index (Phi) is 5.55. The molecule has 3 rings (SSSR count). The van der Waals surface area contributed by atoms with Gasteiger partial charge in [-0.25, -0.2) is 4.39 Å². The number of hydrogen-bond acceptors (Lipinski definition) is 5. The molecule has 0 unspecified atom stereocenters. The number of hydrogen-bond donors (Lipinski definition) is 0. The molecule has 0 saturated carbocycles. The van der Waals surface area contributed by atoms with Crippen LogP contribution in [0, 0.1) is 12.7 Å². The Morgan fingerprint density at radius 3 is 2.88 bits per heavy atom. The van der Waals surface area contributed by atoms with E-state index in [4.69, 9.17) is 9.15 Å². The third-order valence-corrected chi connectivity index (χ3v) is 4.47. The van der Waals surface area contributed by atoms with Gasteiger partial charge in [0.15, 0.2) is 22.5 Å². The zero-order chi connectivity index (χ0) is 17.6. The highest BCUT2D eigenvalue weighted by atomic mass is 32.2. The van der Waals surface area contributed by atoms with E-state index in [1.54, 1.807) is 30.5 Å². The number of rotatable bonds is 8. The van der Waals surface area contributed by atoms with Crippen LogP contribution in [0.4, 0.5) is 4.39 Å². The molecule has 130 valence electrons. The normalized spacial score (nSPS) is 10.8. The van der Waals surface area contributed by atoms with E-state index in [-0.39, 0.29) is 11.6 Å². The van der Waals surface area contributed by atoms with Gasteiger partial charge in [0.2, 0.25) is 0 Å². The monoisotopic (exact) mass is 359 g/mol. The number of aromatic nitrogens is 3. The first-order chi connectivity index (χ1) is 12.2. The fourth-order valence-corrected chi connectivity index (χ4v) is 3.12. The Hall–Kier alpha value is -2.54. The number of allylic oxidation sites excluding steroid dienone is 1. The van der Waals surface area contributed by atoms with Gasteiger partial charge >= 0.3 is 0 Å². The smallest absolute Gasteiger partial charge is 0.191 e. The van der Waals surface area contributed by atoms with E-state index in [2.05, 4.69) is 16.8 Å². The molecule has 2 heterocycles. The lowest BCUT2D eigenvalue weighted by Gasteiger charge is -2.08. The fourth-order valence-electron chi connectivity index (χ4n) is 2.35. The minimum Gasteiger partial charge on any atom is -0.490 e. The lowest BCUT2D eigenvalue weighted by atomic mass is 10.2. The first-order valence-corrected chi connectivity index (χ1v) is 8.78. The Morgan fingerprint density at radius 2 is 2.16 bits per heavy atom. The molecule has 2 aromatic heterocycles. The van der Waals surface area contributed by atoms with Crippen LogP contribution in [0.25, 0.3) is 11.4 Å². The predicted octanol–water partition coefficient (Wildman–Crippen LogP) is 4.34. The van der Waals surface area contributed by atoms with E-state index < -0.39 is 0 Å². The lowest BCUT2D eigenvalue weighted by Crippen LogP contribution is -2.04. The molecule has 7 heteroatoms. The van der Waals surface area contributed by atoms with Crippen LogP contribution in [0.2, 0.25) is 0 Å². The summed E-state index contributed by atoms with van der Waals surface area (Å²) >= 11 is 1.50. The summed E-state index contributed by atoms with van der Waals surface area (Å²) in [6, 6.07) is 8.23. The van der Waals surface area contributed by atoms with Crippen LogP contribution in [-0.4, -0.2) is 27.1 Å². The topological polar surface area (TPSA) is 53.1 Å². The summed E-state index contributed by atoms with van der Waals surface area (Å²) in [6.07, 6.45) is 3.43. The highest BCUT2D eigenvalue weighted by Gasteiger charge is 2.16. The lowest BCUT2D eigenvalue weighted by molar-refractivity contribution is 0.325. The second-order valence-corrected chi connectivity index (χ2v) is 6.29. The summed E-state index contributed by atoms with van der Waals surface area (Å²) in [4.78, 5) is 0. The van der Waals surface area contributed by atoms with E-state index in [1.807, 2.05) is 17.6 Å². The third kappa shape index (κ3) is 3.93. The van der Waals surface area contributed by atoms with Crippen LogP contribution in [0.15, 0.2) is 58.8 Å². The van der Waals surface area contributed by atoms with Crippen molar-refractivity contribution in [1.82, 2.24) is 14.8 Å². The van der Waals surface area contributed by atoms with Gasteiger partial charge < -0.3 is 9.15 Å². The Labute approximate surface area is 149 Å². The Morgan fingerprint density at radius 1 is 1.32 bits per heavy atom. The van der Waals surface area contributed by atoms with Crippen LogP contribution < -0.4 is 4.74 Å². The molecule has 0 amide bonds. The van der Waals surface area contributed by atoms with Crippen molar-refractivity contribution in [2.45, 2.75) is 18.6 Å². The van der Waals surface area contributed by atoms with Crippen LogP contribution in [0.5, 0.6) is 5.75 Å². The molecule has 0 bridgehead atoms. The van der Waals surface area contributed by atoms with Gasteiger partial charge in [0.25, 0.3) is 0 Å². The summed E-state index contributed by atoms with van der Waals surface area (Å²) < 4.78 is 26.3. The van der Waals surface area contributed by atoms with Crippen LogP contribution in [0.1, 0.15) is 5.76 Å². The molecule has 0 saturated heterocycles. The molecule has 3 aromatic rings. The first kappa shape index (κ1) is 17.3. The average molecular weight is 359 g/mol. The van der Waals surface area contributed by atoms with Crippen molar-refractivity contribution >= 4 is 11.8 Å². The molecular weight excluding hydrogens is 341 g/mol. The van der Waals surface area contributed by atoms with E-state index in [9.17, 15) is 4.39 Å². The molecule has 5 nitrogen and oxygen atoms in total. The molecule has 0 N–H and O–H groups in total. The van der Waals surface area contributed by atoms with Crippen molar-refractivity contribution in [1.29, 1.82) is 0 Å². The second-order valence-electron chi connectivity index (χ2n) is 5.22. The number of halogens is 1. The summed E-state index contributed by atoms with van der Waals surface area (Å²) in [5.74, 6) is 2.04. The maximum Gasteiger partial charge on any atom is 0.191 e. The van der Waals surface area contributed by atoms with Gasteiger partial charge in [0.1, 0.15) is 5.76 Å². The fraction of sp³-hybridized carbons (Fsp3) is 0.222. The summed E-state index contributed by atoms with van der Waals surface area (Å²) in [7, 11) is 0. The largest absolute Gasteiger partial charge is 0.490 e. The van der Waals surface area contributed by atoms with E-state index in [0.717, 1.165) is 22.3 Å².